The van der Waals surface area contributed by atoms with Crippen molar-refractivity contribution in [3.8, 4) is 5.75 Å². The summed E-state index contributed by atoms with van der Waals surface area (Å²) < 4.78 is 28.7. The number of rotatable bonds is 6. The lowest BCUT2D eigenvalue weighted by Gasteiger charge is -2.19. The number of hydrogen-bond donors (Lipinski definition) is 3. The molecule has 31 heavy (non-hydrogen) atoms. The number of methoxy groups -OCH3 is 1. The van der Waals surface area contributed by atoms with Gasteiger partial charge < -0.3 is 15.0 Å². The number of nitrogens with two attached hydrogens (primary N) is 1. The molecule has 4 N–H and O–H groups in total. The number of aromatic amines is 1. The molecule has 0 bridgehead atoms. The number of primary sulfonamides is 1. The number of hydrogen-bond acceptors (Lipinski definition) is 8. The molecule has 2 aromatic carbocycles. The number of aryl methyl sites for hydroxylation is 1. The highest BCUT2D eigenvalue weighted by molar-refractivity contribution is 7.89. The smallest absolute Gasteiger partial charge is 0.238 e. The van der Waals surface area contributed by atoms with Crippen LogP contribution in [0.1, 0.15) is 5.69 Å². The maximum atomic E-state index is 11.7. The number of anilines is 4. The van der Waals surface area contributed by atoms with Crippen LogP contribution < -0.4 is 20.1 Å². The van der Waals surface area contributed by atoms with Crippen LogP contribution in [0, 0.1) is 6.92 Å². The zero-order valence-corrected chi connectivity index (χ0v) is 17.9. The summed E-state index contributed by atoms with van der Waals surface area (Å²) in [7, 11) is -0.500. The van der Waals surface area contributed by atoms with Crippen molar-refractivity contribution in [2.24, 2.45) is 5.14 Å². The second-order valence-electron chi connectivity index (χ2n) is 6.87. The molecule has 0 aliphatic rings. The van der Waals surface area contributed by atoms with Gasteiger partial charge in [-0.2, -0.15) is 10.1 Å². The lowest BCUT2D eigenvalue weighted by Crippen LogP contribution is -2.13. The number of H-pyrrole nitrogens is 1. The number of benzene rings is 2. The van der Waals surface area contributed by atoms with Gasteiger partial charge in [0.25, 0.3) is 0 Å². The molecule has 0 fully saturated rings. The average molecular weight is 440 g/mol. The minimum atomic E-state index is -3.87. The molecule has 0 saturated carbocycles. The van der Waals surface area contributed by atoms with Crippen LogP contribution in [0.2, 0.25) is 0 Å². The third-order valence-corrected chi connectivity index (χ3v) is 5.77. The first-order chi connectivity index (χ1) is 14.8. The van der Waals surface area contributed by atoms with Crippen molar-refractivity contribution < 1.29 is 13.2 Å². The fraction of sp³-hybridized carbons (Fsp3) is 0.150. The van der Waals surface area contributed by atoms with Crippen LogP contribution in [0.5, 0.6) is 5.75 Å². The van der Waals surface area contributed by atoms with Crippen molar-refractivity contribution in [2.75, 3.05) is 24.4 Å². The Labute approximate surface area is 179 Å². The van der Waals surface area contributed by atoms with Gasteiger partial charge in [0.15, 0.2) is 0 Å². The molecule has 0 radical (unpaired) electrons. The van der Waals surface area contributed by atoms with Gasteiger partial charge in [-0.25, -0.2) is 18.5 Å². The number of sulfonamides is 1. The van der Waals surface area contributed by atoms with Crippen molar-refractivity contribution in [1.82, 2.24) is 20.2 Å². The summed E-state index contributed by atoms with van der Waals surface area (Å²) >= 11 is 0. The Kier molecular flexibility index (Phi) is 5.21. The van der Waals surface area contributed by atoms with Gasteiger partial charge in [-0.15, -0.1) is 0 Å². The van der Waals surface area contributed by atoms with Crippen LogP contribution in [0.15, 0.2) is 53.6 Å². The predicted molar refractivity (Wildman–Crippen MR) is 119 cm³/mol. The summed E-state index contributed by atoms with van der Waals surface area (Å²) in [5.74, 6) is 1.33. The summed E-state index contributed by atoms with van der Waals surface area (Å²) in [4.78, 5) is 10.6. The number of ether oxygens (including phenoxy) is 1. The first-order valence-corrected chi connectivity index (χ1v) is 10.8. The van der Waals surface area contributed by atoms with E-state index < -0.39 is 10.0 Å². The summed E-state index contributed by atoms with van der Waals surface area (Å²) in [5.41, 5.74) is 3.16. The summed E-state index contributed by atoms with van der Waals surface area (Å²) in [6, 6.07) is 12.0. The van der Waals surface area contributed by atoms with E-state index in [9.17, 15) is 8.42 Å². The van der Waals surface area contributed by atoms with Gasteiger partial charge in [0.2, 0.25) is 16.0 Å². The van der Waals surface area contributed by atoms with Gasteiger partial charge in [-0.1, -0.05) is 0 Å². The van der Waals surface area contributed by atoms with Crippen LogP contribution in [0.25, 0.3) is 10.9 Å². The number of nitrogens with one attached hydrogen (secondary N) is 2. The fourth-order valence-corrected chi connectivity index (χ4v) is 3.70. The van der Waals surface area contributed by atoms with E-state index in [1.54, 1.807) is 12.3 Å². The summed E-state index contributed by atoms with van der Waals surface area (Å²) in [5, 5.41) is 16.5. The third kappa shape index (κ3) is 4.13. The molecule has 10 nitrogen and oxygen atoms in total. The van der Waals surface area contributed by atoms with E-state index >= 15 is 0 Å². The molecule has 0 unspecified atom stereocenters. The molecular formula is C20H21N7O3S. The molecule has 2 heterocycles. The van der Waals surface area contributed by atoms with E-state index in [0.717, 1.165) is 22.3 Å². The van der Waals surface area contributed by atoms with Crippen LogP contribution in [-0.4, -0.2) is 42.7 Å². The second kappa shape index (κ2) is 7.85. The maximum Gasteiger partial charge on any atom is 0.238 e. The van der Waals surface area contributed by atoms with Crippen LogP contribution >= 0.6 is 0 Å². The molecule has 0 aliphatic heterocycles. The Hall–Kier alpha value is -3.70. The summed E-state index contributed by atoms with van der Waals surface area (Å²) in [6.45, 7) is 1.95. The van der Waals surface area contributed by atoms with Gasteiger partial charge in [-0.05, 0) is 49.4 Å². The SMILES string of the molecule is COc1ccc(S(N)(=O)=O)cc1Nc1nccc(N(C)c2ccc3c(C)n[nH]c3c2)n1. The Morgan fingerprint density at radius 3 is 2.71 bits per heavy atom. The standard InChI is InChI=1S/C20H21N7O3S/c1-12-15-6-4-13(10-16(15)26-25-12)27(2)19-8-9-22-20(24-19)23-17-11-14(31(21,28)29)5-7-18(17)30-3/h4-11H,1-3H3,(H,25,26)(H2,21,28,29)(H,22,23,24). The van der Waals surface area contributed by atoms with E-state index in [0.29, 0.717) is 17.3 Å². The molecule has 4 aromatic rings. The molecule has 0 spiro atoms. The van der Waals surface area contributed by atoms with E-state index in [4.69, 9.17) is 9.88 Å². The van der Waals surface area contributed by atoms with E-state index in [2.05, 4.69) is 25.5 Å². The minimum Gasteiger partial charge on any atom is -0.495 e. The number of nitrogens with zero attached hydrogens (tertiary/aromatic N) is 4. The quantitative estimate of drug-likeness (QED) is 0.417. The van der Waals surface area contributed by atoms with E-state index in [1.165, 1.54) is 25.3 Å². The topological polar surface area (TPSA) is 139 Å². The van der Waals surface area contributed by atoms with E-state index in [1.807, 2.05) is 37.1 Å². The van der Waals surface area contributed by atoms with Crippen LogP contribution in [0.4, 0.5) is 23.1 Å². The Bertz CT molecular complexity index is 1370. The van der Waals surface area contributed by atoms with Crippen molar-refractivity contribution in [3.63, 3.8) is 0 Å². The molecule has 0 saturated heterocycles. The third-order valence-electron chi connectivity index (χ3n) is 4.85. The zero-order valence-electron chi connectivity index (χ0n) is 17.1. The van der Waals surface area contributed by atoms with Gasteiger partial charge in [0.05, 0.1) is 28.9 Å². The second-order valence-corrected chi connectivity index (χ2v) is 8.43. The molecule has 0 amide bonds. The van der Waals surface area contributed by atoms with Crippen molar-refractivity contribution in [2.45, 2.75) is 11.8 Å². The van der Waals surface area contributed by atoms with Crippen molar-refractivity contribution in [3.05, 3.63) is 54.4 Å². The van der Waals surface area contributed by atoms with E-state index in [-0.39, 0.29) is 10.8 Å². The first-order valence-electron chi connectivity index (χ1n) is 9.25. The highest BCUT2D eigenvalue weighted by Gasteiger charge is 2.14. The zero-order chi connectivity index (χ0) is 22.2. The van der Waals surface area contributed by atoms with Crippen molar-refractivity contribution >= 4 is 44.1 Å². The van der Waals surface area contributed by atoms with Crippen molar-refractivity contribution in [1.29, 1.82) is 0 Å². The van der Waals surface area contributed by atoms with Gasteiger partial charge in [-0.3, -0.25) is 5.10 Å². The van der Waals surface area contributed by atoms with Crippen LogP contribution in [-0.2, 0) is 10.0 Å². The number of aromatic nitrogens is 4. The molecular weight excluding hydrogens is 418 g/mol. The molecule has 0 atom stereocenters. The lowest BCUT2D eigenvalue weighted by molar-refractivity contribution is 0.416. The molecule has 11 heteroatoms. The molecule has 160 valence electrons. The minimum absolute atomic E-state index is 0.0489. The monoisotopic (exact) mass is 439 g/mol. The largest absolute Gasteiger partial charge is 0.495 e. The molecule has 2 aromatic heterocycles. The van der Waals surface area contributed by atoms with Gasteiger partial charge in [0, 0.05) is 24.3 Å². The Balaban J connectivity index is 1.65. The van der Waals surface area contributed by atoms with Crippen LogP contribution in [0.3, 0.4) is 0 Å². The first kappa shape index (κ1) is 20.6. The van der Waals surface area contributed by atoms with Gasteiger partial charge >= 0.3 is 0 Å². The average Bonchev–Trinajstić information content (AvgIpc) is 3.13. The Morgan fingerprint density at radius 1 is 1.16 bits per heavy atom. The fourth-order valence-electron chi connectivity index (χ4n) is 3.16. The predicted octanol–water partition coefficient (Wildman–Crippen LogP) is 2.83. The molecule has 4 rings (SSSR count). The highest BCUT2D eigenvalue weighted by atomic mass is 32.2. The Morgan fingerprint density at radius 2 is 1.97 bits per heavy atom. The normalized spacial score (nSPS) is 11.5. The highest BCUT2D eigenvalue weighted by Crippen LogP contribution is 2.30. The maximum absolute atomic E-state index is 11.7. The summed E-state index contributed by atoms with van der Waals surface area (Å²) in [6.07, 6.45) is 1.61. The molecule has 0 aliphatic carbocycles. The van der Waals surface area contributed by atoms with Gasteiger partial charge in [0.1, 0.15) is 11.6 Å². The number of fused-ring (bicyclic) bond motifs is 1. The lowest BCUT2D eigenvalue weighted by atomic mass is 10.2.